The third-order valence-electron chi connectivity index (χ3n) is 5.53. The third kappa shape index (κ3) is 4.94. The van der Waals surface area contributed by atoms with Crippen molar-refractivity contribution in [2.75, 3.05) is 19.7 Å². The summed E-state index contributed by atoms with van der Waals surface area (Å²) in [5, 5.41) is 0. The highest BCUT2D eigenvalue weighted by Gasteiger charge is 2.30. The van der Waals surface area contributed by atoms with Gasteiger partial charge in [0.1, 0.15) is 29.2 Å². The second-order valence-corrected chi connectivity index (χ2v) is 9.44. The fraction of sp³-hybridized carbons (Fsp3) is 0.400. The second-order valence-electron chi connectivity index (χ2n) is 9.44. The summed E-state index contributed by atoms with van der Waals surface area (Å²) in [7, 11) is 0. The first kappa shape index (κ1) is 23.8. The summed E-state index contributed by atoms with van der Waals surface area (Å²) >= 11 is 0. The molecule has 180 valence electrons. The first-order chi connectivity index (χ1) is 16.1. The molecule has 1 amide bonds. The standard InChI is InChI=1S/C25H27F2N3O4/c1-15-5-6-30-20(12-17-13-29(7-8-33-17)24(32)34-25(2,3)4)23(28-21(30)9-15)22-18(26)10-16(14-31)11-19(22)27/h5-6,9-11,14,17H,7-8,12-13H2,1-4H3/t17-/m0/s1. The van der Waals surface area contributed by atoms with Crippen LogP contribution in [0.15, 0.2) is 30.5 Å². The van der Waals surface area contributed by atoms with Gasteiger partial charge in [-0.1, -0.05) is 0 Å². The van der Waals surface area contributed by atoms with Gasteiger partial charge in [-0.15, -0.1) is 0 Å². The molecule has 0 radical (unpaired) electrons. The van der Waals surface area contributed by atoms with Gasteiger partial charge in [0.05, 0.1) is 36.2 Å². The van der Waals surface area contributed by atoms with E-state index in [1.165, 1.54) is 0 Å². The largest absolute Gasteiger partial charge is 0.444 e. The number of fused-ring (bicyclic) bond motifs is 1. The van der Waals surface area contributed by atoms with Crippen molar-refractivity contribution in [2.45, 2.75) is 45.8 Å². The number of hydrogen-bond donors (Lipinski definition) is 0. The molecule has 34 heavy (non-hydrogen) atoms. The normalized spacial score (nSPS) is 16.6. The van der Waals surface area contributed by atoms with Crippen LogP contribution in [0.4, 0.5) is 13.6 Å². The van der Waals surface area contributed by atoms with Gasteiger partial charge in [0, 0.05) is 24.7 Å². The van der Waals surface area contributed by atoms with Crippen LogP contribution in [0.3, 0.4) is 0 Å². The van der Waals surface area contributed by atoms with Crippen molar-refractivity contribution in [3.63, 3.8) is 0 Å². The quantitative estimate of drug-likeness (QED) is 0.521. The molecule has 3 aromatic rings. The smallest absolute Gasteiger partial charge is 0.410 e. The number of morpholine rings is 1. The number of pyridine rings is 1. The number of hydrogen-bond acceptors (Lipinski definition) is 5. The number of ether oxygens (including phenoxy) is 2. The fourth-order valence-electron chi connectivity index (χ4n) is 4.03. The number of halogens is 2. The number of nitrogens with zero attached hydrogens (tertiary/aromatic N) is 3. The Labute approximate surface area is 196 Å². The van der Waals surface area contributed by atoms with E-state index < -0.39 is 29.4 Å². The van der Waals surface area contributed by atoms with Crippen LogP contribution in [0.1, 0.15) is 42.4 Å². The monoisotopic (exact) mass is 471 g/mol. The molecule has 1 saturated heterocycles. The summed E-state index contributed by atoms with van der Waals surface area (Å²) in [5.41, 5.74) is 1.13. The van der Waals surface area contributed by atoms with Gasteiger partial charge in [-0.25, -0.2) is 18.6 Å². The first-order valence-corrected chi connectivity index (χ1v) is 11.1. The highest BCUT2D eigenvalue weighted by atomic mass is 19.1. The topological polar surface area (TPSA) is 73.1 Å². The minimum atomic E-state index is -0.872. The molecule has 1 fully saturated rings. The Hall–Kier alpha value is -3.33. The third-order valence-corrected chi connectivity index (χ3v) is 5.53. The van der Waals surface area contributed by atoms with E-state index >= 15 is 0 Å². The van der Waals surface area contributed by atoms with Crippen LogP contribution in [-0.2, 0) is 15.9 Å². The lowest BCUT2D eigenvalue weighted by Gasteiger charge is -2.34. The van der Waals surface area contributed by atoms with Gasteiger partial charge in [-0.3, -0.25) is 4.79 Å². The van der Waals surface area contributed by atoms with Crippen LogP contribution in [0.5, 0.6) is 0 Å². The summed E-state index contributed by atoms with van der Waals surface area (Å²) in [6, 6.07) is 5.67. The van der Waals surface area contributed by atoms with E-state index in [-0.39, 0.29) is 29.8 Å². The molecule has 0 aliphatic carbocycles. The molecule has 1 atom stereocenters. The number of carbonyl (C=O) groups excluding carboxylic acids is 2. The molecular formula is C25H27F2N3O4. The highest BCUT2D eigenvalue weighted by Crippen LogP contribution is 2.32. The Bertz CT molecular complexity index is 1230. The molecular weight excluding hydrogens is 444 g/mol. The van der Waals surface area contributed by atoms with Crippen molar-refractivity contribution in [1.29, 1.82) is 0 Å². The van der Waals surface area contributed by atoms with Crippen molar-refractivity contribution < 1.29 is 27.8 Å². The molecule has 1 aromatic carbocycles. The van der Waals surface area contributed by atoms with Crippen molar-refractivity contribution in [2.24, 2.45) is 0 Å². The number of amides is 1. The maximum absolute atomic E-state index is 14.9. The van der Waals surface area contributed by atoms with Crippen molar-refractivity contribution in [3.8, 4) is 11.3 Å². The second kappa shape index (κ2) is 9.13. The molecule has 1 aliphatic rings. The summed E-state index contributed by atoms with van der Waals surface area (Å²) < 4.78 is 43.0. The van der Waals surface area contributed by atoms with Crippen LogP contribution in [0, 0.1) is 18.6 Å². The highest BCUT2D eigenvalue weighted by molar-refractivity contribution is 5.78. The molecule has 0 saturated carbocycles. The molecule has 1 aliphatic heterocycles. The fourth-order valence-corrected chi connectivity index (χ4v) is 4.03. The molecule has 0 N–H and O–H groups in total. The Morgan fingerprint density at radius 1 is 1.26 bits per heavy atom. The zero-order valence-electron chi connectivity index (χ0n) is 19.6. The van der Waals surface area contributed by atoms with Gasteiger partial charge >= 0.3 is 6.09 Å². The molecule has 2 aromatic heterocycles. The Morgan fingerprint density at radius 3 is 2.62 bits per heavy atom. The maximum atomic E-state index is 14.9. The number of imidazole rings is 1. The average molecular weight is 472 g/mol. The Balaban J connectivity index is 1.72. The number of benzene rings is 1. The minimum Gasteiger partial charge on any atom is -0.444 e. The van der Waals surface area contributed by atoms with Gasteiger partial charge < -0.3 is 18.8 Å². The van der Waals surface area contributed by atoms with Gasteiger partial charge in [-0.05, 0) is 57.5 Å². The number of carbonyl (C=O) groups is 2. The lowest BCUT2D eigenvalue weighted by atomic mass is 10.0. The summed E-state index contributed by atoms with van der Waals surface area (Å²) in [6.45, 7) is 8.27. The zero-order chi connectivity index (χ0) is 24.6. The van der Waals surface area contributed by atoms with Crippen molar-refractivity contribution in [1.82, 2.24) is 14.3 Å². The van der Waals surface area contributed by atoms with Crippen LogP contribution < -0.4 is 0 Å². The predicted octanol–water partition coefficient (Wildman–Crippen LogP) is 4.58. The number of aldehydes is 1. The van der Waals surface area contributed by atoms with Crippen LogP contribution >= 0.6 is 0 Å². The van der Waals surface area contributed by atoms with E-state index in [0.717, 1.165) is 17.7 Å². The van der Waals surface area contributed by atoms with Crippen molar-refractivity contribution >= 4 is 18.0 Å². The van der Waals surface area contributed by atoms with Crippen molar-refractivity contribution in [3.05, 3.63) is 58.9 Å². The maximum Gasteiger partial charge on any atom is 0.410 e. The summed E-state index contributed by atoms with van der Waals surface area (Å²) in [6.07, 6.45) is 1.58. The van der Waals surface area contributed by atoms with Gasteiger partial charge in [0.2, 0.25) is 0 Å². The SMILES string of the molecule is Cc1ccn2c(C[C@H]3CN(C(=O)OC(C)(C)C)CCO3)c(-c3c(F)cc(C=O)cc3F)nc2c1. The van der Waals surface area contributed by atoms with Crippen LogP contribution in [0.2, 0.25) is 0 Å². The van der Waals surface area contributed by atoms with E-state index in [4.69, 9.17) is 9.47 Å². The Morgan fingerprint density at radius 2 is 1.97 bits per heavy atom. The Kier molecular flexibility index (Phi) is 6.40. The first-order valence-electron chi connectivity index (χ1n) is 11.1. The molecule has 0 bridgehead atoms. The molecule has 7 nitrogen and oxygen atoms in total. The zero-order valence-corrected chi connectivity index (χ0v) is 19.6. The van der Waals surface area contributed by atoms with Gasteiger partial charge in [0.15, 0.2) is 0 Å². The minimum absolute atomic E-state index is 0.0940. The molecule has 3 heterocycles. The summed E-state index contributed by atoms with van der Waals surface area (Å²) in [4.78, 5) is 29.7. The van der Waals surface area contributed by atoms with Crippen LogP contribution in [-0.4, -0.2) is 58.1 Å². The van der Waals surface area contributed by atoms with E-state index in [1.54, 1.807) is 36.3 Å². The number of aryl methyl sites for hydroxylation is 1. The van der Waals surface area contributed by atoms with E-state index in [2.05, 4.69) is 4.98 Å². The summed E-state index contributed by atoms with van der Waals surface area (Å²) in [5.74, 6) is -1.74. The van der Waals surface area contributed by atoms with E-state index in [0.29, 0.717) is 30.8 Å². The van der Waals surface area contributed by atoms with Gasteiger partial charge in [0.25, 0.3) is 0 Å². The molecule has 0 spiro atoms. The average Bonchev–Trinajstić information content (AvgIpc) is 3.09. The van der Waals surface area contributed by atoms with Crippen LogP contribution in [0.25, 0.3) is 16.9 Å². The molecule has 9 heteroatoms. The number of rotatable bonds is 4. The molecule has 4 rings (SSSR count). The lowest BCUT2D eigenvalue weighted by molar-refractivity contribution is -0.0418. The van der Waals surface area contributed by atoms with Gasteiger partial charge in [-0.2, -0.15) is 0 Å². The number of aromatic nitrogens is 2. The van der Waals surface area contributed by atoms with E-state index in [9.17, 15) is 18.4 Å². The van der Waals surface area contributed by atoms with E-state index in [1.807, 2.05) is 19.1 Å². The lowest BCUT2D eigenvalue weighted by Crippen LogP contribution is -2.48. The molecule has 0 unspecified atom stereocenters. The predicted molar refractivity (Wildman–Crippen MR) is 122 cm³/mol.